The Morgan fingerprint density at radius 2 is 1.76 bits per heavy atom. The van der Waals surface area contributed by atoms with Crippen LogP contribution in [0, 0.1) is 0 Å². The minimum atomic E-state index is -3.43. The summed E-state index contributed by atoms with van der Waals surface area (Å²) in [4.78, 5) is 36.5. The van der Waals surface area contributed by atoms with Gasteiger partial charge in [-0.05, 0) is 24.6 Å². The molecule has 0 unspecified atom stereocenters. The smallest absolute Gasteiger partial charge is 0.274 e. The lowest BCUT2D eigenvalue weighted by Gasteiger charge is -2.34. The highest BCUT2D eigenvalue weighted by Gasteiger charge is 2.26. The fraction of sp³-hybridized carbons (Fsp3) is 0.368. The summed E-state index contributed by atoms with van der Waals surface area (Å²) in [6.07, 6.45) is 4.90. The SMILES string of the molecule is CCCS(=O)(=O)Nc1cccc(C(=O)N2CCN(C(=O)c3cnccn3)CC2)c1. The minimum absolute atomic E-state index is 0.0208. The summed E-state index contributed by atoms with van der Waals surface area (Å²) in [7, 11) is -3.43. The number of amides is 2. The van der Waals surface area contributed by atoms with E-state index in [1.807, 2.05) is 0 Å². The van der Waals surface area contributed by atoms with Gasteiger partial charge in [-0.15, -0.1) is 0 Å². The number of piperazine rings is 1. The van der Waals surface area contributed by atoms with E-state index in [1.54, 1.807) is 34.9 Å². The molecule has 0 radical (unpaired) electrons. The Bertz CT molecular complexity index is 973. The van der Waals surface area contributed by atoms with E-state index in [0.717, 1.165) is 0 Å². The third kappa shape index (κ3) is 5.29. The summed E-state index contributed by atoms with van der Waals surface area (Å²) < 4.78 is 26.4. The number of hydrogen-bond donors (Lipinski definition) is 1. The summed E-state index contributed by atoms with van der Waals surface area (Å²) >= 11 is 0. The summed E-state index contributed by atoms with van der Waals surface area (Å²) in [6.45, 7) is 3.34. The number of anilines is 1. The van der Waals surface area contributed by atoms with Gasteiger partial charge in [0.1, 0.15) is 5.69 Å². The van der Waals surface area contributed by atoms with Crippen LogP contribution in [0.1, 0.15) is 34.2 Å². The van der Waals surface area contributed by atoms with Crippen LogP contribution in [0.15, 0.2) is 42.9 Å². The van der Waals surface area contributed by atoms with Crippen molar-refractivity contribution in [1.29, 1.82) is 0 Å². The number of rotatable bonds is 6. The predicted octanol–water partition coefficient (Wildman–Crippen LogP) is 1.23. The van der Waals surface area contributed by atoms with E-state index >= 15 is 0 Å². The summed E-state index contributed by atoms with van der Waals surface area (Å²) in [6, 6.07) is 6.44. The average Bonchev–Trinajstić information content (AvgIpc) is 2.73. The number of nitrogens with zero attached hydrogens (tertiary/aromatic N) is 4. The van der Waals surface area contributed by atoms with Crippen molar-refractivity contribution >= 4 is 27.5 Å². The van der Waals surface area contributed by atoms with Crippen molar-refractivity contribution in [2.24, 2.45) is 0 Å². The van der Waals surface area contributed by atoms with Crippen molar-refractivity contribution in [2.75, 3.05) is 36.7 Å². The molecule has 0 bridgehead atoms. The maximum Gasteiger partial charge on any atom is 0.274 e. The first-order chi connectivity index (χ1) is 13.9. The van der Waals surface area contributed by atoms with Gasteiger partial charge in [-0.3, -0.25) is 19.3 Å². The van der Waals surface area contributed by atoms with Crippen LogP contribution in [0.3, 0.4) is 0 Å². The number of carbonyl (C=O) groups excluding carboxylic acids is 2. The number of carbonyl (C=O) groups is 2. The fourth-order valence-electron chi connectivity index (χ4n) is 3.08. The van der Waals surface area contributed by atoms with E-state index in [0.29, 0.717) is 43.9 Å². The number of nitrogens with one attached hydrogen (secondary N) is 1. The normalized spacial score (nSPS) is 14.5. The van der Waals surface area contributed by atoms with Crippen molar-refractivity contribution in [3.05, 3.63) is 54.1 Å². The van der Waals surface area contributed by atoms with Gasteiger partial charge in [-0.2, -0.15) is 0 Å². The van der Waals surface area contributed by atoms with E-state index in [1.165, 1.54) is 24.7 Å². The Morgan fingerprint density at radius 3 is 2.38 bits per heavy atom. The lowest BCUT2D eigenvalue weighted by Crippen LogP contribution is -2.50. The van der Waals surface area contributed by atoms with Crippen LogP contribution in [-0.2, 0) is 10.0 Å². The van der Waals surface area contributed by atoms with Crippen molar-refractivity contribution in [1.82, 2.24) is 19.8 Å². The van der Waals surface area contributed by atoms with Gasteiger partial charge in [0, 0.05) is 49.8 Å². The van der Waals surface area contributed by atoms with Crippen LogP contribution >= 0.6 is 0 Å². The molecule has 3 rings (SSSR count). The molecule has 1 aromatic heterocycles. The molecule has 2 heterocycles. The molecule has 2 aromatic rings. The third-order valence-electron chi connectivity index (χ3n) is 4.49. The molecular weight excluding hydrogens is 394 g/mol. The molecule has 29 heavy (non-hydrogen) atoms. The van der Waals surface area contributed by atoms with Crippen LogP contribution in [0.4, 0.5) is 5.69 Å². The maximum atomic E-state index is 12.8. The van der Waals surface area contributed by atoms with Gasteiger partial charge in [-0.25, -0.2) is 13.4 Å². The van der Waals surface area contributed by atoms with Crippen LogP contribution in [0.5, 0.6) is 0 Å². The highest BCUT2D eigenvalue weighted by atomic mass is 32.2. The first-order valence-corrected chi connectivity index (χ1v) is 11.0. The molecule has 0 saturated carbocycles. The van der Waals surface area contributed by atoms with Gasteiger partial charge in [0.15, 0.2) is 0 Å². The Morgan fingerprint density at radius 1 is 1.07 bits per heavy atom. The van der Waals surface area contributed by atoms with Gasteiger partial charge in [0.2, 0.25) is 10.0 Å². The molecule has 0 atom stereocenters. The lowest BCUT2D eigenvalue weighted by atomic mass is 10.1. The monoisotopic (exact) mass is 417 g/mol. The summed E-state index contributed by atoms with van der Waals surface area (Å²) in [5, 5.41) is 0. The largest absolute Gasteiger partial charge is 0.335 e. The lowest BCUT2D eigenvalue weighted by molar-refractivity contribution is 0.0532. The zero-order chi connectivity index (χ0) is 20.9. The molecule has 1 aliphatic heterocycles. The molecule has 0 spiro atoms. The molecule has 10 heteroatoms. The van der Waals surface area contributed by atoms with Crippen molar-refractivity contribution in [3.63, 3.8) is 0 Å². The Hall–Kier alpha value is -3.01. The highest BCUT2D eigenvalue weighted by Crippen LogP contribution is 2.16. The number of benzene rings is 1. The van der Waals surface area contributed by atoms with E-state index in [2.05, 4.69) is 14.7 Å². The van der Waals surface area contributed by atoms with Gasteiger partial charge in [-0.1, -0.05) is 13.0 Å². The molecular formula is C19H23N5O4S. The van der Waals surface area contributed by atoms with Crippen LogP contribution in [-0.4, -0.2) is 71.9 Å². The fourth-order valence-corrected chi connectivity index (χ4v) is 4.21. The quantitative estimate of drug-likeness (QED) is 0.756. The second kappa shape index (κ2) is 8.99. The molecule has 1 aliphatic rings. The van der Waals surface area contributed by atoms with Gasteiger partial charge in [0.25, 0.3) is 11.8 Å². The van der Waals surface area contributed by atoms with Crippen molar-refractivity contribution in [2.45, 2.75) is 13.3 Å². The van der Waals surface area contributed by atoms with Gasteiger partial charge in [0.05, 0.1) is 11.9 Å². The average molecular weight is 417 g/mol. The second-order valence-electron chi connectivity index (χ2n) is 6.68. The molecule has 1 aromatic carbocycles. The van der Waals surface area contributed by atoms with E-state index < -0.39 is 10.0 Å². The third-order valence-corrected chi connectivity index (χ3v) is 5.98. The first kappa shape index (κ1) is 20.7. The molecule has 154 valence electrons. The van der Waals surface area contributed by atoms with Gasteiger partial charge < -0.3 is 9.80 Å². The van der Waals surface area contributed by atoms with E-state index in [9.17, 15) is 18.0 Å². The molecule has 1 N–H and O–H groups in total. The number of sulfonamides is 1. The number of aromatic nitrogens is 2. The van der Waals surface area contributed by atoms with Crippen LogP contribution in [0.2, 0.25) is 0 Å². The molecule has 2 amide bonds. The standard InChI is InChI=1S/C19H23N5O4S/c1-2-12-29(27,28)22-16-5-3-4-15(13-16)18(25)23-8-10-24(11-9-23)19(26)17-14-20-6-7-21-17/h3-7,13-14,22H,2,8-12H2,1H3. The van der Waals surface area contributed by atoms with Crippen molar-refractivity contribution < 1.29 is 18.0 Å². The topological polar surface area (TPSA) is 113 Å². The zero-order valence-electron chi connectivity index (χ0n) is 16.1. The Kier molecular flexibility index (Phi) is 6.42. The highest BCUT2D eigenvalue weighted by molar-refractivity contribution is 7.92. The summed E-state index contributed by atoms with van der Waals surface area (Å²) in [5.41, 5.74) is 1.04. The molecule has 1 fully saturated rings. The molecule has 9 nitrogen and oxygen atoms in total. The molecule has 1 saturated heterocycles. The van der Waals surface area contributed by atoms with Gasteiger partial charge >= 0.3 is 0 Å². The number of hydrogen-bond acceptors (Lipinski definition) is 6. The van der Waals surface area contributed by atoms with Crippen molar-refractivity contribution in [3.8, 4) is 0 Å². The van der Waals surface area contributed by atoms with E-state index in [4.69, 9.17) is 0 Å². The summed E-state index contributed by atoms with van der Waals surface area (Å²) in [5.74, 6) is -0.391. The zero-order valence-corrected chi connectivity index (χ0v) is 16.9. The predicted molar refractivity (Wildman–Crippen MR) is 108 cm³/mol. The molecule has 0 aliphatic carbocycles. The van der Waals surface area contributed by atoms with Crippen LogP contribution < -0.4 is 4.72 Å². The first-order valence-electron chi connectivity index (χ1n) is 9.35. The Balaban J connectivity index is 1.62. The van der Waals surface area contributed by atoms with Crippen LogP contribution in [0.25, 0.3) is 0 Å². The van der Waals surface area contributed by atoms with E-state index in [-0.39, 0.29) is 23.3 Å². The second-order valence-corrected chi connectivity index (χ2v) is 8.52. The Labute approximate surface area is 169 Å². The minimum Gasteiger partial charge on any atom is -0.335 e. The maximum absolute atomic E-state index is 12.8.